The van der Waals surface area contributed by atoms with Crippen molar-refractivity contribution in [2.75, 3.05) is 19.6 Å². The number of nitrogens with zero attached hydrogens (tertiary/aromatic N) is 4. The number of fused-ring (bicyclic) bond motifs is 1. The summed E-state index contributed by atoms with van der Waals surface area (Å²) >= 11 is 12.4. The van der Waals surface area contributed by atoms with Crippen LogP contribution in [-0.4, -0.2) is 55.9 Å². The molecule has 4 rings (SSSR count). The zero-order valence-electron chi connectivity index (χ0n) is 16.3. The minimum atomic E-state index is -0.877. The Hall–Kier alpha value is -2.58. The van der Waals surface area contributed by atoms with Gasteiger partial charge >= 0.3 is 5.56 Å². The molecule has 0 saturated carbocycles. The maximum Gasteiger partial charge on any atom is 0.315 e. The molecule has 2 aromatic rings. The number of aromatic nitrogens is 2. The number of rotatable bonds is 3. The Kier molecular flexibility index (Phi) is 5.46. The normalized spacial score (nSPS) is 18.6. The number of likely N-dealkylation sites (N-methyl/N-ethyl adjacent to an activating group) is 1. The van der Waals surface area contributed by atoms with Gasteiger partial charge in [-0.1, -0.05) is 29.3 Å². The molecule has 0 radical (unpaired) electrons. The number of hydrogen-bond donors (Lipinski definition) is 1. The molecule has 0 spiro atoms. The highest BCUT2D eigenvalue weighted by Gasteiger charge is 2.38. The van der Waals surface area contributed by atoms with Gasteiger partial charge in [0, 0.05) is 26.2 Å². The van der Waals surface area contributed by atoms with Crippen LogP contribution in [0.25, 0.3) is 0 Å². The Labute approximate surface area is 182 Å². The molecule has 158 valence electrons. The van der Waals surface area contributed by atoms with Crippen molar-refractivity contribution in [2.24, 2.45) is 0 Å². The Morgan fingerprint density at radius 1 is 1.20 bits per heavy atom. The Bertz CT molecular complexity index is 1080. The van der Waals surface area contributed by atoms with Crippen LogP contribution >= 0.6 is 23.2 Å². The molecule has 1 aromatic carbocycles. The summed E-state index contributed by atoms with van der Waals surface area (Å²) in [7, 11) is 0. The van der Waals surface area contributed by atoms with Crippen LogP contribution < -0.4 is 5.56 Å². The van der Waals surface area contributed by atoms with Gasteiger partial charge in [-0.05, 0) is 31.9 Å². The molecule has 3 heterocycles. The SMILES string of the molecule is CCN1CCn2c(C3CCCN3C(=O)c3c(Cl)cccc3Cl)nc(=O)c(O)c2C1=O. The van der Waals surface area contributed by atoms with Crippen LogP contribution in [0, 0.1) is 0 Å². The molecule has 2 aliphatic heterocycles. The van der Waals surface area contributed by atoms with Crippen molar-refractivity contribution in [1.82, 2.24) is 19.4 Å². The van der Waals surface area contributed by atoms with Gasteiger partial charge in [-0.15, -0.1) is 0 Å². The molecule has 1 aromatic heterocycles. The Morgan fingerprint density at radius 2 is 1.90 bits per heavy atom. The highest BCUT2D eigenvalue weighted by atomic mass is 35.5. The fourth-order valence-electron chi connectivity index (χ4n) is 4.16. The number of carbonyl (C=O) groups excluding carboxylic acids is 2. The first-order valence-electron chi connectivity index (χ1n) is 9.73. The van der Waals surface area contributed by atoms with Crippen LogP contribution in [-0.2, 0) is 6.54 Å². The number of aromatic hydroxyl groups is 1. The molecule has 10 heteroatoms. The zero-order valence-corrected chi connectivity index (χ0v) is 17.8. The maximum atomic E-state index is 13.3. The van der Waals surface area contributed by atoms with Gasteiger partial charge in [0.05, 0.1) is 21.7 Å². The average Bonchev–Trinajstić information content (AvgIpc) is 3.20. The minimum absolute atomic E-state index is 0.0758. The van der Waals surface area contributed by atoms with Crippen LogP contribution in [0.15, 0.2) is 23.0 Å². The van der Waals surface area contributed by atoms with Crippen LogP contribution in [0.4, 0.5) is 0 Å². The Morgan fingerprint density at radius 3 is 2.57 bits per heavy atom. The van der Waals surface area contributed by atoms with Crippen LogP contribution in [0.3, 0.4) is 0 Å². The lowest BCUT2D eigenvalue weighted by Gasteiger charge is -2.33. The van der Waals surface area contributed by atoms with E-state index < -0.39 is 23.3 Å². The van der Waals surface area contributed by atoms with E-state index in [1.54, 1.807) is 32.6 Å². The smallest absolute Gasteiger partial charge is 0.315 e. The molecule has 1 saturated heterocycles. The van der Waals surface area contributed by atoms with Gasteiger partial charge in [-0.25, -0.2) is 0 Å². The maximum absolute atomic E-state index is 13.3. The van der Waals surface area contributed by atoms with E-state index in [2.05, 4.69) is 4.98 Å². The first-order chi connectivity index (χ1) is 14.3. The molecular formula is C20H20Cl2N4O4. The van der Waals surface area contributed by atoms with E-state index >= 15 is 0 Å². The van der Waals surface area contributed by atoms with E-state index in [9.17, 15) is 19.5 Å². The molecule has 30 heavy (non-hydrogen) atoms. The average molecular weight is 451 g/mol. The number of amides is 2. The largest absolute Gasteiger partial charge is 0.501 e. The lowest BCUT2D eigenvalue weighted by Crippen LogP contribution is -2.44. The van der Waals surface area contributed by atoms with Gasteiger partial charge < -0.3 is 19.5 Å². The summed E-state index contributed by atoms with van der Waals surface area (Å²) in [4.78, 5) is 45.6. The molecule has 1 N–H and O–H groups in total. The van der Waals surface area contributed by atoms with Crippen molar-refractivity contribution in [3.8, 4) is 5.75 Å². The number of carbonyl (C=O) groups is 2. The van der Waals surface area contributed by atoms with Gasteiger partial charge in [0.15, 0.2) is 5.69 Å². The summed E-state index contributed by atoms with van der Waals surface area (Å²) in [5.74, 6) is -1.15. The zero-order chi connectivity index (χ0) is 21.6. The van der Waals surface area contributed by atoms with Gasteiger partial charge in [0.2, 0.25) is 5.75 Å². The summed E-state index contributed by atoms with van der Waals surface area (Å²) in [6, 6.07) is 4.31. The first kappa shape index (κ1) is 20.7. The highest BCUT2D eigenvalue weighted by Crippen LogP contribution is 2.36. The lowest BCUT2D eigenvalue weighted by molar-refractivity contribution is 0.0688. The van der Waals surface area contributed by atoms with Crippen molar-refractivity contribution in [1.29, 1.82) is 0 Å². The van der Waals surface area contributed by atoms with Gasteiger partial charge in [0.1, 0.15) is 5.82 Å². The topological polar surface area (TPSA) is 95.7 Å². The molecule has 1 atom stereocenters. The second kappa shape index (κ2) is 7.92. The van der Waals surface area contributed by atoms with E-state index in [4.69, 9.17) is 23.2 Å². The predicted octanol–water partition coefficient (Wildman–Crippen LogP) is 2.71. The summed E-state index contributed by atoms with van der Waals surface area (Å²) in [6.45, 7) is 3.53. The Balaban J connectivity index is 1.80. The fraction of sp³-hybridized carbons (Fsp3) is 0.400. The highest BCUT2D eigenvalue weighted by molar-refractivity contribution is 6.39. The number of hydrogen-bond acceptors (Lipinski definition) is 5. The van der Waals surface area contributed by atoms with Crippen molar-refractivity contribution >= 4 is 35.0 Å². The molecule has 2 aliphatic rings. The standard InChI is InChI=1S/C20H20Cl2N4O4/c1-2-24-9-10-26-15(20(24)30)16(27)18(28)23-17(26)13-7-4-8-25(13)19(29)14-11(21)5-3-6-12(14)22/h3,5-6,13,27H,2,4,7-10H2,1H3. The fourth-order valence-corrected chi connectivity index (χ4v) is 4.72. The number of likely N-dealkylation sites (tertiary alicyclic amines) is 1. The summed E-state index contributed by atoms with van der Waals surface area (Å²) in [5, 5.41) is 10.7. The second-order valence-electron chi connectivity index (χ2n) is 7.26. The van der Waals surface area contributed by atoms with Gasteiger partial charge in [-0.2, -0.15) is 4.98 Å². The van der Waals surface area contributed by atoms with Crippen molar-refractivity contribution in [2.45, 2.75) is 32.4 Å². The number of halogens is 2. The molecule has 8 nitrogen and oxygen atoms in total. The van der Waals surface area contributed by atoms with Crippen molar-refractivity contribution in [3.05, 3.63) is 55.7 Å². The third kappa shape index (κ3) is 3.24. The monoisotopic (exact) mass is 450 g/mol. The van der Waals surface area contributed by atoms with Gasteiger partial charge in [-0.3, -0.25) is 14.4 Å². The minimum Gasteiger partial charge on any atom is -0.501 e. The van der Waals surface area contributed by atoms with E-state index in [1.807, 2.05) is 6.92 Å². The van der Waals surface area contributed by atoms with Crippen LogP contribution in [0.1, 0.15) is 52.5 Å². The summed E-state index contributed by atoms with van der Waals surface area (Å²) in [5.41, 5.74) is -0.758. The van der Waals surface area contributed by atoms with E-state index in [-0.39, 0.29) is 27.2 Å². The van der Waals surface area contributed by atoms with Crippen LogP contribution in [0.5, 0.6) is 5.75 Å². The quantitative estimate of drug-likeness (QED) is 0.775. The predicted molar refractivity (Wildman–Crippen MR) is 111 cm³/mol. The second-order valence-corrected chi connectivity index (χ2v) is 8.08. The lowest BCUT2D eigenvalue weighted by atomic mass is 10.1. The van der Waals surface area contributed by atoms with Crippen molar-refractivity contribution < 1.29 is 14.7 Å². The summed E-state index contributed by atoms with van der Waals surface area (Å²) in [6.07, 6.45) is 1.26. The van der Waals surface area contributed by atoms with E-state index in [0.29, 0.717) is 44.8 Å². The molecule has 0 aliphatic carbocycles. The van der Waals surface area contributed by atoms with Crippen molar-refractivity contribution in [3.63, 3.8) is 0 Å². The molecule has 0 bridgehead atoms. The number of benzene rings is 1. The van der Waals surface area contributed by atoms with Crippen LogP contribution in [0.2, 0.25) is 10.0 Å². The van der Waals surface area contributed by atoms with E-state index in [0.717, 1.165) is 0 Å². The van der Waals surface area contributed by atoms with E-state index in [1.165, 1.54) is 0 Å². The molecule has 1 fully saturated rings. The molecular weight excluding hydrogens is 431 g/mol. The first-order valence-corrected chi connectivity index (χ1v) is 10.5. The van der Waals surface area contributed by atoms with Gasteiger partial charge in [0.25, 0.3) is 11.8 Å². The third-order valence-electron chi connectivity index (χ3n) is 5.64. The summed E-state index contributed by atoms with van der Waals surface area (Å²) < 4.78 is 1.57. The molecule has 2 amide bonds. The molecule has 1 unspecified atom stereocenters. The third-order valence-corrected chi connectivity index (χ3v) is 6.27.